The van der Waals surface area contributed by atoms with Crippen molar-refractivity contribution in [1.29, 1.82) is 0 Å². The number of rotatable bonds is 3. The van der Waals surface area contributed by atoms with Gasteiger partial charge in [0.25, 0.3) is 0 Å². The van der Waals surface area contributed by atoms with E-state index in [4.69, 9.17) is 5.73 Å². The number of nitrogens with zero attached hydrogens (tertiary/aromatic N) is 1. The highest BCUT2D eigenvalue weighted by Gasteiger charge is 2.30. The first-order chi connectivity index (χ1) is 7.96. The quantitative estimate of drug-likeness (QED) is 0.865. The average Bonchev–Trinajstić information content (AvgIpc) is 2.50. The smallest absolute Gasteiger partial charge is 0.204 e. The SMILES string of the molecule is CN(C)CC1=Cc2c(CN)cccc2S1(=O)=O. The number of sulfone groups is 1. The van der Waals surface area contributed by atoms with Crippen LogP contribution < -0.4 is 5.73 Å². The molecule has 5 heteroatoms. The Balaban J connectivity index is 2.57. The van der Waals surface area contributed by atoms with Gasteiger partial charge in [0.1, 0.15) is 0 Å². The monoisotopic (exact) mass is 252 g/mol. The van der Waals surface area contributed by atoms with Crippen LogP contribution in [0.5, 0.6) is 0 Å². The molecule has 0 unspecified atom stereocenters. The van der Waals surface area contributed by atoms with Crippen molar-refractivity contribution >= 4 is 15.9 Å². The van der Waals surface area contributed by atoms with Crippen LogP contribution in [0.4, 0.5) is 0 Å². The molecule has 0 fully saturated rings. The predicted octanol–water partition coefficient (Wildman–Crippen LogP) is 0.835. The molecule has 0 atom stereocenters. The molecule has 0 amide bonds. The van der Waals surface area contributed by atoms with Crippen LogP contribution in [-0.4, -0.2) is 34.0 Å². The number of hydrogen-bond donors (Lipinski definition) is 1. The van der Waals surface area contributed by atoms with Gasteiger partial charge in [-0.1, -0.05) is 12.1 Å². The Morgan fingerprint density at radius 2 is 2.00 bits per heavy atom. The van der Waals surface area contributed by atoms with E-state index in [-0.39, 0.29) is 0 Å². The third-order valence-corrected chi connectivity index (χ3v) is 4.66. The molecule has 1 aromatic carbocycles. The minimum Gasteiger partial charge on any atom is -0.326 e. The van der Waals surface area contributed by atoms with Crippen molar-refractivity contribution in [1.82, 2.24) is 4.90 Å². The average molecular weight is 252 g/mol. The summed E-state index contributed by atoms with van der Waals surface area (Å²) in [6, 6.07) is 5.25. The van der Waals surface area contributed by atoms with Gasteiger partial charge in [-0.3, -0.25) is 0 Å². The summed E-state index contributed by atoms with van der Waals surface area (Å²) in [4.78, 5) is 2.67. The zero-order chi connectivity index (χ0) is 12.6. The number of fused-ring (bicyclic) bond motifs is 1. The highest BCUT2D eigenvalue weighted by Crippen LogP contribution is 2.34. The molecule has 17 heavy (non-hydrogen) atoms. The highest BCUT2D eigenvalue weighted by atomic mass is 32.2. The Labute approximate surface area is 102 Å². The third-order valence-electron chi connectivity index (χ3n) is 2.79. The molecular formula is C12H16N2O2S. The molecule has 0 saturated carbocycles. The van der Waals surface area contributed by atoms with Crippen molar-refractivity contribution in [3.63, 3.8) is 0 Å². The first-order valence-corrected chi connectivity index (χ1v) is 6.87. The van der Waals surface area contributed by atoms with Crippen molar-refractivity contribution in [2.75, 3.05) is 20.6 Å². The Kier molecular flexibility index (Phi) is 3.07. The molecule has 1 aliphatic rings. The van der Waals surface area contributed by atoms with Crippen LogP contribution in [0.1, 0.15) is 11.1 Å². The number of benzene rings is 1. The molecule has 0 radical (unpaired) electrons. The fourth-order valence-electron chi connectivity index (χ4n) is 1.99. The van der Waals surface area contributed by atoms with E-state index in [9.17, 15) is 8.42 Å². The van der Waals surface area contributed by atoms with E-state index in [1.54, 1.807) is 18.2 Å². The summed E-state index contributed by atoms with van der Waals surface area (Å²) in [6.45, 7) is 0.769. The summed E-state index contributed by atoms with van der Waals surface area (Å²) in [5.74, 6) is 0. The van der Waals surface area contributed by atoms with E-state index < -0.39 is 9.84 Å². The molecule has 1 heterocycles. The van der Waals surface area contributed by atoms with E-state index in [1.807, 2.05) is 25.1 Å². The Morgan fingerprint density at radius 3 is 2.59 bits per heavy atom. The van der Waals surface area contributed by atoms with Gasteiger partial charge in [-0.05, 0) is 37.4 Å². The van der Waals surface area contributed by atoms with Gasteiger partial charge in [-0.25, -0.2) is 8.42 Å². The first-order valence-electron chi connectivity index (χ1n) is 5.39. The van der Waals surface area contributed by atoms with E-state index in [2.05, 4.69) is 0 Å². The summed E-state index contributed by atoms with van der Waals surface area (Å²) >= 11 is 0. The Morgan fingerprint density at radius 1 is 1.29 bits per heavy atom. The number of nitrogens with two attached hydrogens (primary N) is 1. The lowest BCUT2D eigenvalue weighted by Gasteiger charge is -2.10. The molecular weight excluding hydrogens is 236 g/mol. The van der Waals surface area contributed by atoms with Crippen molar-refractivity contribution in [2.24, 2.45) is 5.73 Å². The van der Waals surface area contributed by atoms with Gasteiger partial charge in [0.2, 0.25) is 9.84 Å². The number of hydrogen-bond acceptors (Lipinski definition) is 4. The van der Waals surface area contributed by atoms with Gasteiger partial charge in [-0.2, -0.15) is 0 Å². The standard InChI is InChI=1S/C12H16N2O2S/c1-14(2)8-10-6-11-9(7-13)4-3-5-12(11)17(10,15)16/h3-6H,7-8,13H2,1-2H3. The van der Waals surface area contributed by atoms with E-state index >= 15 is 0 Å². The maximum Gasteiger partial charge on any atom is 0.204 e. The molecule has 0 saturated heterocycles. The molecule has 2 rings (SSSR count). The van der Waals surface area contributed by atoms with Crippen molar-refractivity contribution in [2.45, 2.75) is 11.4 Å². The summed E-state index contributed by atoms with van der Waals surface area (Å²) in [7, 11) is 0.391. The fourth-order valence-corrected chi connectivity index (χ4v) is 3.71. The molecule has 0 aromatic heterocycles. The fraction of sp³-hybridized carbons (Fsp3) is 0.333. The van der Waals surface area contributed by atoms with Crippen LogP contribution >= 0.6 is 0 Å². The van der Waals surface area contributed by atoms with Gasteiger partial charge in [0, 0.05) is 13.1 Å². The molecule has 1 aromatic rings. The van der Waals surface area contributed by atoms with Crippen LogP contribution in [0, 0.1) is 0 Å². The normalized spacial score (nSPS) is 17.1. The largest absolute Gasteiger partial charge is 0.326 e. The van der Waals surface area contributed by atoms with Crippen molar-refractivity contribution < 1.29 is 8.42 Å². The lowest BCUT2D eigenvalue weighted by Crippen LogP contribution is -2.18. The van der Waals surface area contributed by atoms with Crippen molar-refractivity contribution in [3.05, 3.63) is 34.2 Å². The van der Waals surface area contributed by atoms with Crippen LogP contribution in [0.2, 0.25) is 0 Å². The van der Waals surface area contributed by atoms with Crippen LogP contribution in [0.15, 0.2) is 28.0 Å². The second-order valence-corrected chi connectivity index (χ2v) is 6.36. The topological polar surface area (TPSA) is 63.4 Å². The second-order valence-electron chi connectivity index (χ2n) is 4.38. The lowest BCUT2D eigenvalue weighted by atomic mass is 10.1. The van der Waals surface area contributed by atoms with Crippen molar-refractivity contribution in [3.8, 4) is 0 Å². The maximum atomic E-state index is 12.3. The molecule has 4 nitrogen and oxygen atoms in total. The summed E-state index contributed by atoms with van der Waals surface area (Å²) < 4.78 is 24.5. The summed E-state index contributed by atoms with van der Waals surface area (Å²) in [6.07, 6.45) is 1.74. The minimum absolute atomic E-state index is 0.352. The summed E-state index contributed by atoms with van der Waals surface area (Å²) in [5.41, 5.74) is 7.25. The predicted molar refractivity (Wildman–Crippen MR) is 68.1 cm³/mol. The second kappa shape index (κ2) is 4.25. The van der Waals surface area contributed by atoms with Gasteiger partial charge >= 0.3 is 0 Å². The molecule has 92 valence electrons. The van der Waals surface area contributed by atoms with E-state index in [0.717, 1.165) is 11.1 Å². The minimum atomic E-state index is -3.31. The third kappa shape index (κ3) is 2.01. The Hall–Kier alpha value is -1.17. The first kappa shape index (κ1) is 12.3. The summed E-state index contributed by atoms with van der Waals surface area (Å²) in [5, 5.41) is 0. The van der Waals surface area contributed by atoms with E-state index in [0.29, 0.717) is 22.9 Å². The Bertz CT molecular complexity index is 574. The molecule has 0 aliphatic carbocycles. The van der Waals surface area contributed by atoms with Gasteiger partial charge in [-0.15, -0.1) is 0 Å². The highest BCUT2D eigenvalue weighted by molar-refractivity contribution is 7.95. The van der Waals surface area contributed by atoms with Gasteiger partial charge in [0.05, 0.1) is 9.80 Å². The molecule has 0 spiro atoms. The zero-order valence-electron chi connectivity index (χ0n) is 9.97. The molecule has 1 aliphatic heterocycles. The van der Waals surface area contributed by atoms with Crippen LogP contribution in [0.25, 0.3) is 6.08 Å². The van der Waals surface area contributed by atoms with Crippen LogP contribution in [0.3, 0.4) is 0 Å². The maximum absolute atomic E-state index is 12.3. The number of likely N-dealkylation sites (N-methyl/N-ethyl adjacent to an activating group) is 1. The van der Waals surface area contributed by atoms with Gasteiger partial charge < -0.3 is 10.6 Å². The van der Waals surface area contributed by atoms with Crippen LogP contribution in [-0.2, 0) is 16.4 Å². The zero-order valence-corrected chi connectivity index (χ0v) is 10.8. The van der Waals surface area contributed by atoms with E-state index in [1.165, 1.54) is 0 Å². The van der Waals surface area contributed by atoms with Gasteiger partial charge in [0.15, 0.2) is 0 Å². The molecule has 2 N–H and O–H groups in total. The lowest BCUT2D eigenvalue weighted by molar-refractivity contribution is 0.451. The molecule has 0 bridgehead atoms.